The highest BCUT2D eigenvalue weighted by atomic mass is 16.5. The second-order valence-corrected chi connectivity index (χ2v) is 3.95. The molecule has 0 aliphatic carbocycles. The van der Waals surface area contributed by atoms with Gasteiger partial charge in [-0.15, -0.1) is 20.4 Å². The summed E-state index contributed by atoms with van der Waals surface area (Å²) >= 11 is 0. The van der Waals surface area contributed by atoms with Crippen molar-refractivity contribution in [2.75, 3.05) is 6.61 Å². The lowest BCUT2D eigenvalue weighted by atomic mass is 10.2. The van der Waals surface area contributed by atoms with Crippen LogP contribution in [0.2, 0.25) is 0 Å². The van der Waals surface area contributed by atoms with Crippen molar-refractivity contribution in [1.82, 2.24) is 41.2 Å². The average molecular weight is 288 g/mol. The summed E-state index contributed by atoms with van der Waals surface area (Å²) in [6, 6.07) is 5.38. The van der Waals surface area contributed by atoms with Crippen molar-refractivity contribution in [2.24, 2.45) is 0 Å². The minimum atomic E-state index is 0.193. The number of hydrogen-bond acceptors (Lipinski definition) is 8. The lowest BCUT2D eigenvalue weighted by molar-refractivity contribution is 0.263. The summed E-state index contributed by atoms with van der Waals surface area (Å²) in [6.07, 6.45) is 0. The van der Waals surface area contributed by atoms with Crippen LogP contribution in [0.4, 0.5) is 0 Å². The van der Waals surface area contributed by atoms with E-state index in [-0.39, 0.29) is 6.61 Å². The molecule has 3 rings (SSSR count). The molecule has 21 heavy (non-hydrogen) atoms. The molecule has 2 N–H and O–H groups in total. The molecule has 10 nitrogen and oxygen atoms in total. The van der Waals surface area contributed by atoms with Crippen LogP contribution in [0, 0.1) is 0 Å². The number of rotatable bonds is 6. The molecule has 0 spiro atoms. The Labute approximate surface area is 118 Å². The summed E-state index contributed by atoms with van der Waals surface area (Å²) < 4.78 is 11.2. The summed E-state index contributed by atoms with van der Waals surface area (Å²) in [6.45, 7) is 2.59. The van der Waals surface area contributed by atoms with E-state index in [1.807, 2.05) is 13.0 Å². The first-order valence-electron chi connectivity index (χ1n) is 6.22. The van der Waals surface area contributed by atoms with E-state index in [1.165, 1.54) is 0 Å². The van der Waals surface area contributed by atoms with E-state index in [9.17, 15) is 0 Å². The van der Waals surface area contributed by atoms with E-state index in [1.54, 1.807) is 12.1 Å². The fraction of sp³-hybridized carbons (Fsp3) is 0.273. The smallest absolute Gasteiger partial charge is 0.211 e. The van der Waals surface area contributed by atoms with Crippen molar-refractivity contribution in [2.45, 2.75) is 13.5 Å². The number of hydrogen-bond donors (Lipinski definition) is 2. The Balaban J connectivity index is 1.82. The maximum atomic E-state index is 5.63. The van der Waals surface area contributed by atoms with E-state index in [0.29, 0.717) is 29.8 Å². The molecule has 0 atom stereocenters. The molecule has 0 unspecified atom stereocenters. The normalized spacial score (nSPS) is 10.5. The summed E-state index contributed by atoms with van der Waals surface area (Å²) in [5, 5.41) is 27.3. The first kappa shape index (κ1) is 13.0. The number of ether oxygens (including phenoxy) is 2. The summed E-state index contributed by atoms with van der Waals surface area (Å²) in [4.78, 5) is 0. The SMILES string of the molecule is CCOc1cc(-c2nn[nH]n2)ccc1OCc1nn[nH]n1. The van der Waals surface area contributed by atoms with Gasteiger partial charge in [0, 0.05) is 5.56 Å². The molecule has 0 aliphatic heterocycles. The van der Waals surface area contributed by atoms with Crippen LogP contribution in [0.5, 0.6) is 11.5 Å². The van der Waals surface area contributed by atoms with Crippen molar-refractivity contribution in [1.29, 1.82) is 0 Å². The van der Waals surface area contributed by atoms with E-state index in [2.05, 4.69) is 41.2 Å². The predicted molar refractivity (Wildman–Crippen MR) is 69.3 cm³/mol. The van der Waals surface area contributed by atoms with Crippen LogP contribution in [0.25, 0.3) is 11.4 Å². The topological polar surface area (TPSA) is 127 Å². The van der Waals surface area contributed by atoms with Gasteiger partial charge in [-0.25, -0.2) is 0 Å². The number of aromatic nitrogens is 8. The zero-order chi connectivity index (χ0) is 14.5. The van der Waals surface area contributed by atoms with E-state index in [4.69, 9.17) is 9.47 Å². The van der Waals surface area contributed by atoms with Gasteiger partial charge in [0.25, 0.3) is 0 Å². The monoisotopic (exact) mass is 288 g/mol. The highest BCUT2D eigenvalue weighted by Crippen LogP contribution is 2.31. The molecule has 1 aromatic carbocycles. The van der Waals surface area contributed by atoms with Gasteiger partial charge in [0.1, 0.15) is 0 Å². The number of H-pyrrole nitrogens is 2. The van der Waals surface area contributed by atoms with Gasteiger partial charge in [0.2, 0.25) is 11.6 Å². The third kappa shape index (κ3) is 2.94. The van der Waals surface area contributed by atoms with Crippen LogP contribution in [-0.4, -0.2) is 47.9 Å². The third-order valence-electron chi connectivity index (χ3n) is 2.59. The Morgan fingerprint density at radius 1 is 1.00 bits per heavy atom. The van der Waals surface area contributed by atoms with Gasteiger partial charge in [-0.05, 0) is 30.3 Å². The van der Waals surface area contributed by atoms with Gasteiger partial charge in [-0.3, -0.25) is 0 Å². The molecule has 2 aromatic heterocycles. The molecule has 0 bridgehead atoms. The number of nitrogens with zero attached hydrogens (tertiary/aromatic N) is 6. The van der Waals surface area contributed by atoms with E-state index >= 15 is 0 Å². The minimum absolute atomic E-state index is 0.193. The molecule has 2 heterocycles. The van der Waals surface area contributed by atoms with Crippen LogP contribution >= 0.6 is 0 Å². The quantitative estimate of drug-likeness (QED) is 0.665. The van der Waals surface area contributed by atoms with Gasteiger partial charge in [-0.1, -0.05) is 5.21 Å². The second-order valence-electron chi connectivity index (χ2n) is 3.95. The summed E-state index contributed by atoms with van der Waals surface area (Å²) in [5.41, 5.74) is 0.777. The number of benzene rings is 1. The predicted octanol–water partition coefficient (Wildman–Crippen LogP) is 0.357. The number of nitrogens with one attached hydrogen (secondary N) is 2. The molecule has 3 aromatic rings. The molecule has 0 radical (unpaired) electrons. The molecule has 0 saturated carbocycles. The van der Waals surface area contributed by atoms with Crippen molar-refractivity contribution < 1.29 is 9.47 Å². The largest absolute Gasteiger partial charge is 0.490 e. The van der Waals surface area contributed by atoms with Gasteiger partial charge in [0.15, 0.2) is 18.1 Å². The standard InChI is InChI=1S/C11H12N8O2/c1-2-20-9-5-7(11-14-18-19-15-11)3-4-8(9)21-6-10-12-16-17-13-10/h3-5H,2,6H2,1H3,(H,12,13,16,17)(H,14,15,18,19). The van der Waals surface area contributed by atoms with Crippen molar-refractivity contribution in [3.63, 3.8) is 0 Å². The molecular formula is C11H12N8O2. The second kappa shape index (κ2) is 5.94. The lowest BCUT2D eigenvalue weighted by Gasteiger charge is -2.11. The van der Waals surface area contributed by atoms with Crippen molar-refractivity contribution in [3.8, 4) is 22.9 Å². The molecule has 108 valence electrons. The maximum absolute atomic E-state index is 5.63. The van der Waals surface area contributed by atoms with Gasteiger partial charge in [0.05, 0.1) is 6.61 Å². The Bertz CT molecular complexity index is 682. The van der Waals surface area contributed by atoms with Crippen LogP contribution < -0.4 is 9.47 Å². The number of tetrazole rings is 2. The Morgan fingerprint density at radius 3 is 2.57 bits per heavy atom. The van der Waals surface area contributed by atoms with Gasteiger partial charge >= 0.3 is 0 Å². The maximum Gasteiger partial charge on any atom is 0.211 e. The Kier molecular flexibility index (Phi) is 3.67. The van der Waals surface area contributed by atoms with Crippen LogP contribution in [0.1, 0.15) is 12.7 Å². The first-order valence-corrected chi connectivity index (χ1v) is 6.22. The fourth-order valence-electron chi connectivity index (χ4n) is 1.70. The van der Waals surface area contributed by atoms with Crippen molar-refractivity contribution in [3.05, 3.63) is 24.0 Å². The van der Waals surface area contributed by atoms with Crippen LogP contribution in [-0.2, 0) is 6.61 Å². The lowest BCUT2D eigenvalue weighted by Crippen LogP contribution is -2.01. The average Bonchev–Trinajstić information content (AvgIpc) is 3.20. The first-order chi connectivity index (χ1) is 10.4. The Hall–Kier alpha value is -3.04. The molecular weight excluding hydrogens is 276 g/mol. The van der Waals surface area contributed by atoms with Gasteiger partial charge < -0.3 is 9.47 Å². The molecule has 0 saturated heterocycles. The fourth-order valence-corrected chi connectivity index (χ4v) is 1.70. The molecule has 10 heteroatoms. The minimum Gasteiger partial charge on any atom is -0.490 e. The molecule has 0 aliphatic rings. The van der Waals surface area contributed by atoms with Gasteiger partial charge in [-0.2, -0.15) is 10.4 Å². The highest BCUT2D eigenvalue weighted by Gasteiger charge is 2.11. The van der Waals surface area contributed by atoms with Crippen molar-refractivity contribution >= 4 is 0 Å². The zero-order valence-corrected chi connectivity index (χ0v) is 11.1. The van der Waals surface area contributed by atoms with Crippen LogP contribution in [0.15, 0.2) is 18.2 Å². The Morgan fingerprint density at radius 2 is 1.86 bits per heavy atom. The third-order valence-corrected chi connectivity index (χ3v) is 2.59. The van der Waals surface area contributed by atoms with E-state index in [0.717, 1.165) is 5.56 Å². The highest BCUT2D eigenvalue weighted by molar-refractivity contribution is 5.60. The summed E-state index contributed by atoms with van der Waals surface area (Å²) in [5.74, 6) is 2.11. The zero-order valence-electron chi connectivity index (χ0n) is 11.1. The number of aromatic amines is 2. The molecule has 0 amide bonds. The van der Waals surface area contributed by atoms with Crippen LogP contribution in [0.3, 0.4) is 0 Å². The van der Waals surface area contributed by atoms with E-state index < -0.39 is 0 Å². The summed E-state index contributed by atoms with van der Waals surface area (Å²) in [7, 11) is 0. The molecule has 0 fully saturated rings.